The summed E-state index contributed by atoms with van der Waals surface area (Å²) in [5.74, 6) is 0.831. The molecular weight excluding hydrogens is 320 g/mol. The van der Waals surface area contributed by atoms with Gasteiger partial charge in [-0.05, 0) is 39.8 Å². The van der Waals surface area contributed by atoms with Crippen LogP contribution in [0.1, 0.15) is 38.1 Å². The summed E-state index contributed by atoms with van der Waals surface area (Å²) in [6, 6.07) is 5.30. The van der Waals surface area contributed by atoms with Crippen molar-refractivity contribution in [1.82, 2.24) is 10.2 Å². The first-order valence-electron chi connectivity index (χ1n) is 8.68. The number of methoxy groups -OCH3 is 2. The molecule has 0 saturated carbocycles. The summed E-state index contributed by atoms with van der Waals surface area (Å²) in [6.07, 6.45) is 0.384. The second-order valence-corrected chi connectivity index (χ2v) is 7.20. The first-order valence-corrected chi connectivity index (χ1v) is 8.68. The molecule has 0 aromatic heterocycles. The molecule has 2 rings (SSSR count). The summed E-state index contributed by atoms with van der Waals surface area (Å²) in [6.45, 7) is 10.7. The normalized spacial score (nSPS) is 21.7. The standard InChI is InChI=1S/C19H30N2O4/c1-13-10-21(11-14(2)25-13)19(3,4)12-20-18(22)15-8-7-9-16(23-5)17(15)24-6/h7-9,13-14H,10-12H2,1-6H3,(H,20,22)/t13-,14-/m0/s1. The Kier molecular flexibility index (Phi) is 6.30. The van der Waals surface area contributed by atoms with Gasteiger partial charge in [0.2, 0.25) is 0 Å². The summed E-state index contributed by atoms with van der Waals surface area (Å²) in [7, 11) is 3.10. The maximum Gasteiger partial charge on any atom is 0.255 e. The van der Waals surface area contributed by atoms with E-state index in [1.807, 2.05) is 0 Å². The molecule has 1 aromatic carbocycles. The van der Waals surface area contributed by atoms with E-state index in [1.165, 1.54) is 7.11 Å². The van der Waals surface area contributed by atoms with Crippen LogP contribution in [0.2, 0.25) is 0 Å². The molecule has 25 heavy (non-hydrogen) atoms. The highest BCUT2D eigenvalue weighted by atomic mass is 16.5. The molecule has 6 nitrogen and oxygen atoms in total. The Hall–Kier alpha value is -1.79. The van der Waals surface area contributed by atoms with Gasteiger partial charge in [-0.2, -0.15) is 0 Å². The Morgan fingerprint density at radius 2 is 1.88 bits per heavy atom. The predicted octanol–water partition coefficient (Wildman–Crippen LogP) is 2.32. The number of para-hydroxylation sites is 1. The van der Waals surface area contributed by atoms with Crippen LogP contribution in [0.5, 0.6) is 11.5 Å². The molecule has 1 aliphatic heterocycles. The van der Waals surface area contributed by atoms with Crippen LogP contribution in [0.4, 0.5) is 0 Å². The van der Waals surface area contributed by atoms with Crippen molar-refractivity contribution in [3.8, 4) is 11.5 Å². The van der Waals surface area contributed by atoms with E-state index < -0.39 is 0 Å². The van der Waals surface area contributed by atoms with Crippen molar-refractivity contribution >= 4 is 5.91 Å². The van der Waals surface area contributed by atoms with E-state index in [1.54, 1.807) is 25.3 Å². The fourth-order valence-electron chi connectivity index (χ4n) is 3.24. The Labute approximate surface area is 150 Å². The number of carbonyl (C=O) groups is 1. The lowest BCUT2D eigenvalue weighted by Gasteiger charge is -2.45. The lowest BCUT2D eigenvalue weighted by molar-refractivity contribution is -0.0948. The fourth-order valence-corrected chi connectivity index (χ4v) is 3.24. The topological polar surface area (TPSA) is 60.0 Å². The van der Waals surface area contributed by atoms with Crippen molar-refractivity contribution in [1.29, 1.82) is 0 Å². The van der Waals surface area contributed by atoms with E-state index in [9.17, 15) is 4.79 Å². The van der Waals surface area contributed by atoms with Crippen molar-refractivity contribution in [2.24, 2.45) is 0 Å². The van der Waals surface area contributed by atoms with Crippen LogP contribution in [0.25, 0.3) is 0 Å². The Bertz CT molecular complexity index is 593. The minimum atomic E-state index is -0.173. The number of rotatable bonds is 6. The van der Waals surface area contributed by atoms with E-state index in [2.05, 4.69) is 37.9 Å². The predicted molar refractivity (Wildman–Crippen MR) is 97.5 cm³/mol. The van der Waals surface area contributed by atoms with Crippen LogP contribution in [0.3, 0.4) is 0 Å². The summed E-state index contributed by atoms with van der Waals surface area (Å²) in [5, 5.41) is 3.04. The van der Waals surface area contributed by atoms with Gasteiger partial charge in [-0.25, -0.2) is 0 Å². The lowest BCUT2D eigenvalue weighted by atomic mass is 9.99. The lowest BCUT2D eigenvalue weighted by Crippen LogP contribution is -2.58. The maximum atomic E-state index is 12.7. The van der Waals surface area contributed by atoms with Crippen LogP contribution in [0, 0.1) is 0 Å². The molecule has 0 aliphatic carbocycles. The second-order valence-electron chi connectivity index (χ2n) is 7.20. The van der Waals surface area contributed by atoms with Gasteiger partial charge in [0.15, 0.2) is 11.5 Å². The number of hydrogen-bond donors (Lipinski definition) is 1. The zero-order valence-corrected chi connectivity index (χ0v) is 16.1. The van der Waals surface area contributed by atoms with Gasteiger partial charge >= 0.3 is 0 Å². The third kappa shape index (κ3) is 4.64. The van der Waals surface area contributed by atoms with Gasteiger partial charge in [-0.1, -0.05) is 6.07 Å². The molecule has 2 atom stereocenters. The Balaban J connectivity index is 2.06. The molecule has 1 aromatic rings. The molecule has 1 fully saturated rings. The van der Waals surface area contributed by atoms with E-state index in [-0.39, 0.29) is 23.7 Å². The third-order valence-electron chi connectivity index (χ3n) is 4.60. The molecule has 140 valence electrons. The molecule has 1 saturated heterocycles. The summed E-state index contributed by atoms with van der Waals surface area (Å²) in [5.41, 5.74) is 0.301. The molecule has 1 N–H and O–H groups in total. The number of hydrogen-bond acceptors (Lipinski definition) is 5. The average Bonchev–Trinajstić information content (AvgIpc) is 2.58. The molecule has 0 radical (unpaired) electrons. The molecule has 6 heteroatoms. The third-order valence-corrected chi connectivity index (χ3v) is 4.60. The Morgan fingerprint density at radius 1 is 1.24 bits per heavy atom. The molecule has 0 unspecified atom stereocenters. The molecular formula is C19H30N2O4. The van der Waals surface area contributed by atoms with Gasteiger partial charge in [0.25, 0.3) is 5.91 Å². The molecule has 0 bridgehead atoms. The van der Waals surface area contributed by atoms with Gasteiger partial charge < -0.3 is 19.5 Å². The highest BCUT2D eigenvalue weighted by Crippen LogP contribution is 2.30. The van der Waals surface area contributed by atoms with E-state index in [0.717, 1.165) is 13.1 Å². The Morgan fingerprint density at radius 3 is 2.44 bits per heavy atom. The van der Waals surface area contributed by atoms with E-state index in [0.29, 0.717) is 23.6 Å². The number of amides is 1. The fraction of sp³-hybridized carbons (Fsp3) is 0.632. The van der Waals surface area contributed by atoms with Gasteiger partial charge in [0.05, 0.1) is 32.0 Å². The van der Waals surface area contributed by atoms with Crippen LogP contribution in [-0.2, 0) is 4.74 Å². The highest BCUT2D eigenvalue weighted by Gasteiger charge is 2.33. The summed E-state index contributed by atoms with van der Waals surface area (Å²) >= 11 is 0. The number of benzene rings is 1. The van der Waals surface area contributed by atoms with Crippen LogP contribution < -0.4 is 14.8 Å². The monoisotopic (exact) mass is 350 g/mol. The van der Waals surface area contributed by atoms with Crippen molar-refractivity contribution < 1.29 is 19.0 Å². The minimum absolute atomic E-state index is 0.168. The van der Waals surface area contributed by atoms with Crippen molar-refractivity contribution in [2.45, 2.75) is 45.4 Å². The molecule has 1 amide bonds. The van der Waals surface area contributed by atoms with Gasteiger partial charge in [-0.15, -0.1) is 0 Å². The van der Waals surface area contributed by atoms with Crippen molar-refractivity contribution in [3.63, 3.8) is 0 Å². The number of ether oxygens (including phenoxy) is 3. The first-order chi connectivity index (χ1) is 11.8. The average molecular weight is 350 g/mol. The molecule has 1 heterocycles. The molecule has 0 spiro atoms. The van der Waals surface area contributed by atoms with E-state index in [4.69, 9.17) is 14.2 Å². The van der Waals surface area contributed by atoms with Crippen LogP contribution in [-0.4, -0.2) is 62.4 Å². The zero-order valence-electron chi connectivity index (χ0n) is 16.1. The highest BCUT2D eigenvalue weighted by molar-refractivity contribution is 5.97. The minimum Gasteiger partial charge on any atom is -0.493 e. The summed E-state index contributed by atoms with van der Waals surface area (Å²) in [4.78, 5) is 15.0. The van der Waals surface area contributed by atoms with Crippen LogP contribution >= 0.6 is 0 Å². The SMILES string of the molecule is COc1cccc(C(=O)NCC(C)(C)N2C[C@H](C)O[C@@H](C)C2)c1OC. The number of nitrogens with zero attached hydrogens (tertiary/aromatic N) is 1. The quantitative estimate of drug-likeness (QED) is 0.853. The maximum absolute atomic E-state index is 12.7. The smallest absolute Gasteiger partial charge is 0.255 e. The second kappa shape index (κ2) is 8.06. The molecule has 1 aliphatic rings. The van der Waals surface area contributed by atoms with Crippen LogP contribution in [0.15, 0.2) is 18.2 Å². The first kappa shape index (κ1) is 19.5. The van der Waals surface area contributed by atoms with Gasteiger partial charge in [-0.3, -0.25) is 9.69 Å². The largest absolute Gasteiger partial charge is 0.493 e. The number of carbonyl (C=O) groups excluding carboxylic acids is 1. The van der Waals surface area contributed by atoms with Gasteiger partial charge in [0, 0.05) is 25.2 Å². The van der Waals surface area contributed by atoms with Gasteiger partial charge in [0.1, 0.15) is 0 Å². The number of morpholine rings is 1. The van der Waals surface area contributed by atoms with E-state index >= 15 is 0 Å². The number of nitrogens with one attached hydrogen (secondary N) is 1. The van der Waals surface area contributed by atoms with Crippen molar-refractivity contribution in [3.05, 3.63) is 23.8 Å². The zero-order chi connectivity index (χ0) is 18.6. The summed E-state index contributed by atoms with van der Waals surface area (Å²) < 4.78 is 16.4. The van der Waals surface area contributed by atoms with Crippen molar-refractivity contribution in [2.75, 3.05) is 33.9 Å².